The van der Waals surface area contributed by atoms with Crippen LogP contribution in [-0.2, 0) is 6.54 Å². The van der Waals surface area contributed by atoms with E-state index in [9.17, 15) is 10.0 Å². The van der Waals surface area contributed by atoms with Crippen molar-refractivity contribution in [2.24, 2.45) is 5.18 Å². The van der Waals surface area contributed by atoms with Gasteiger partial charge in [0.2, 0.25) is 0 Å². The maximum Gasteiger partial charge on any atom is 0.162 e. The van der Waals surface area contributed by atoms with Crippen LogP contribution in [0, 0.1) is 4.91 Å². The van der Waals surface area contributed by atoms with Crippen molar-refractivity contribution < 1.29 is 9.84 Å². The van der Waals surface area contributed by atoms with Crippen LogP contribution < -0.4 is 4.74 Å². The van der Waals surface area contributed by atoms with Gasteiger partial charge >= 0.3 is 0 Å². The Kier molecular flexibility index (Phi) is 3.25. The smallest absolute Gasteiger partial charge is 0.162 e. The first-order valence-corrected chi connectivity index (χ1v) is 4.02. The van der Waals surface area contributed by atoms with Gasteiger partial charge in [-0.2, -0.15) is 4.91 Å². The molecule has 0 heterocycles. The van der Waals surface area contributed by atoms with Crippen LogP contribution in [0.15, 0.2) is 23.4 Å². The third-order valence-electron chi connectivity index (χ3n) is 1.62. The van der Waals surface area contributed by atoms with Crippen LogP contribution in [-0.4, -0.2) is 11.7 Å². The van der Waals surface area contributed by atoms with E-state index in [0.29, 0.717) is 17.9 Å². The molecule has 0 saturated heterocycles. The Balaban J connectivity index is 2.95. The quantitative estimate of drug-likeness (QED) is 0.723. The van der Waals surface area contributed by atoms with Crippen molar-refractivity contribution in [2.45, 2.75) is 13.5 Å². The van der Waals surface area contributed by atoms with Crippen molar-refractivity contribution in [3.05, 3.63) is 28.7 Å². The number of hydrogen-bond donors (Lipinski definition) is 1. The van der Waals surface area contributed by atoms with Crippen molar-refractivity contribution in [1.82, 2.24) is 0 Å². The Morgan fingerprint density at radius 2 is 2.31 bits per heavy atom. The minimum atomic E-state index is -0.0350. The van der Waals surface area contributed by atoms with Crippen molar-refractivity contribution in [3.63, 3.8) is 0 Å². The molecule has 0 radical (unpaired) electrons. The topological polar surface area (TPSA) is 58.9 Å². The number of phenolic OH excluding ortho intramolecular Hbond substituents is 1. The van der Waals surface area contributed by atoms with Crippen molar-refractivity contribution in [2.75, 3.05) is 6.61 Å². The normalized spacial score (nSPS) is 9.62. The number of ether oxygens (including phenoxy) is 1. The Bertz CT molecular complexity index is 299. The third kappa shape index (κ3) is 2.18. The summed E-state index contributed by atoms with van der Waals surface area (Å²) < 4.78 is 5.13. The standard InChI is InChI=1S/C9H11NO3/c1-2-13-8-5-3-4-7(6-10-12)9(8)11/h3-5,11H,2,6H2,1H3. The summed E-state index contributed by atoms with van der Waals surface area (Å²) in [7, 11) is 0. The second-order valence-electron chi connectivity index (χ2n) is 2.48. The average Bonchev–Trinajstić information content (AvgIpc) is 2.13. The first-order chi connectivity index (χ1) is 6.29. The molecule has 1 rings (SSSR count). The zero-order valence-electron chi connectivity index (χ0n) is 7.36. The highest BCUT2D eigenvalue weighted by Crippen LogP contribution is 2.29. The molecule has 0 aromatic heterocycles. The monoisotopic (exact) mass is 181 g/mol. The van der Waals surface area contributed by atoms with Crippen LogP contribution in [0.4, 0.5) is 0 Å². The molecule has 13 heavy (non-hydrogen) atoms. The summed E-state index contributed by atoms with van der Waals surface area (Å²) in [5.74, 6) is 0.396. The number of phenols is 1. The van der Waals surface area contributed by atoms with E-state index >= 15 is 0 Å². The van der Waals surface area contributed by atoms with E-state index in [-0.39, 0.29) is 12.3 Å². The molecule has 0 aliphatic carbocycles. The zero-order chi connectivity index (χ0) is 9.68. The second kappa shape index (κ2) is 4.45. The molecule has 70 valence electrons. The number of benzene rings is 1. The summed E-state index contributed by atoms with van der Waals surface area (Å²) in [4.78, 5) is 9.99. The lowest BCUT2D eigenvalue weighted by Gasteiger charge is -2.07. The fourth-order valence-corrected chi connectivity index (χ4v) is 1.04. The molecule has 4 heteroatoms. The number of aromatic hydroxyl groups is 1. The maximum absolute atomic E-state index is 9.99. The predicted octanol–water partition coefficient (Wildman–Crippen LogP) is 2.06. The number of hydrogen-bond acceptors (Lipinski definition) is 4. The van der Waals surface area contributed by atoms with E-state index < -0.39 is 0 Å². The first kappa shape index (κ1) is 9.51. The van der Waals surface area contributed by atoms with Crippen molar-refractivity contribution in [3.8, 4) is 11.5 Å². The fourth-order valence-electron chi connectivity index (χ4n) is 1.04. The molecule has 0 saturated carbocycles. The number of nitroso groups, excluding NO2 is 1. The second-order valence-corrected chi connectivity index (χ2v) is 2.48. The Hall–Kier alpha value is -1.58. The summed E-state index contributed by atoms with van der Waals surface area (Å²) in [5, 5.41) is 12.2. The predicted molar refractivity (Wildman–Crippen MR) is 48.8 cm³/mol. The molecule has 0 unspecified atom stereocenters. The lowest BCUT2D eigenvalue weighted by atomic mass is 10.2. The summed E-state index contributed by atoms with van der Waals surface area (Å²) in [6.45, 7) is 2.27. The highest BCUT2D eigenvalue weighted by Gasteiger charge is 2.06. The van der Waals surface area contributed by atoms with Gasteiger partial charge in [-0.3, -0.25) is 0 Å². The van der Waals surface area contributed by atoms with Gasteiger partial charge in [-0.25, -0.2) is 0 Å². The first-order valence-electron chi connectivity index (χ1n) is 4.02. The van der Waals surface area contributed by atoms with Gasteiger partial charge in [0.15, 0.2) is 11.5 Å². The van der Waals surface area contributed by atoms with Gasteiger partial charge in [-0.05, 0) is 13.0 Å². The van der Waals surface area contributed by atoms with E-state index in [1.807, 2.05) is 6.92 Å². The Morgan fingerprint density at radius 3 is 2.92 bits per heavy atom. The molecule has 1 N–H and O–H groups in total. The number of para-hydroxylation sites is 1. The number of nitrogens with zero attached hydrogens (tertiary/aromatic N) is 1. The van der Waals surface area contributed by atoms with E-state index in [1.165, 1.54) is 0 Å². The molecule has 1 aromatic carbocycles. The third-order valence-corrected chi connectivity index (χ3v) is 1.62. The van der Waals surface area contributed by atoms with Crippen LogP contribution in [0.2, 0.25) is 0 Å². The van der Waals surface area contributed by atoms with Crippen LogP contribution in [0.25, 0.3) is 0 Å². The van der Waals surface area contributed by atoms with Gasteiger partial charge in [-0.1, -0.05) is 17.3 Å². The van der Waals surface area contributed by atoms with Crippen LogP contribution in [0.5, 0.6) is 11.5 Å². The minimum Gasteiger partial charge on any atom is -0.504 e. The Morgan fingerprint density at radius 1 is 1.54 bits per heavy atom. The SMILES string of the molecule is CCOc1cccc(CN=O)c1O. The molecule has 0 atom stereocenters. The molecule has 0 fully saturated rings. The average molecular weight is 181 g/mol. The summed E-state index contributed by atoms with van der Waals surface area (Å²) in [6.07, 6.45) is 0. The van der Waals surface area contributed by atoms with E-state index in [0.717, 1.165) is 0 Å². The van der Waals surface area contributed by atoms with Gasteiger partial charge < -0.3 is 9.84 Å². The molecular weight excluding hydrogens is 170 g/mol. The molecular formula is C9H11NO3. The molecule has 0 aliphatic heterocycles. The maximum atomic E-state index is 9.99. The van der Waals surface area contributed by atoms with E-state index in [1.54, 1.807) is 18.2 Å². The van der Waals surface area contributed by atoms with E-state index in [2.05, 4.69) is 5.18 Å². The largest absolute Gasteiger partial charge is 0.504 e. The van der Waals surface area contributed by atoms with Gasteiger partial charge in [-0.15, -0.1) is 0 Å². The lowest BCUT2D eigenvalue weighted by Crippen LogP contribution is -1.93. The summed E-state index contributed by atoms with van der Waals surface area (Å²) >= 11 is 0. The highest BCUT2D eigenvalue weighted by molar-refractivity contribution is 5.45. The molecule has 0 spiro atoms. The van der Waals surface area contributed by atoms with Crippen LogP contribution in [0.3, 0.4) is 0 Å². The molecule has 1 aromatic rings. The van der Waals surface area contributed by atoms with Crippen molar-refractivity contribution >= 4 is 0 Å². The van der Waals surface area contributed by atoms with Crippen molar-refractivity contribution in [1.29, 1.82) is 0 Å². The molecule has 0 aliphatic rings. The van der Waals surface area contributed by atoms with E-state index in [4.69, 9.17) is 4.74 Å². The molecule has 4 nitrogen and oxygen atoms in total. The fraction of sp³-hybridized carbons (Fsp3) is 0.333. The molecule has 0 bridgehead atoms. The van der Waals surface area contributed by atoms with Gasteiger partial charge in [0.05, 0.1) is 6.61 Å². The lowest BCUT2D eigenvalue weighted by molar-refractivity contribution is 0.316. The van der Waals surface area contributed by atoms with Crippen LogP contribution >= 0.6 is 0 Å². The minimum absolute atomic E-state index is 0.00366. The number of rotatable bonds is 4. The summed E-state index contributed by atoms with van der Waals surface area (Å²) in [5.41, 5.74) is 0.487. The van der Waals surface area contributed by atoms with Gasteiger partial charge in [0, 0.05) is 5.56 Å². The van der Waals surface area contributed by atoms with Gasteiger partial charge in [0.1, 0.15) is 6.54 Å². The Labute approximate surface area is 76.1 Å². The highest BCUT2D eigenvalue weighted by atomic mass is 16.5. The summed E-state index contributed by atoms with van der Waals surface area (Å²) in [6, 6.07) is 5.00. The van der Waals surface area contributed by atoms with Gasteiger partial charge in [0.25, 0.3) is 0 Å². The zero-order valence-corrected chi connectivity index (χ0v) is 7.36. The van der Waals surface area contributed by atoms with Crippen LogP contribution in [0.1, 0.15) is 12.5 Å². The molecule has 0 amide bonds.